The van der Waals surface area contributed by atoms with E-state index in [1.54, 1.807) is 73.8 Å². The SMILES string of the molecule is CC(C)c1c(-c2ccc(C(F)(F)F)nc2)nc2c(C#N)c[nH]n2c1=O.CC(C)c1c(-c2cnn(-c3ccc(F)cc3)c2)nc2c(C#N)c[nH]n2c1=O.CC(C)c1c(-c2cnn(-c3cccc(F)c3)c2)nc2c(C#N)c[nH]n2c1=O.CC(C)c1c(/C=C/C2CC2)nc2c(C#N)c[nH]n2c1=O.CCCn1cc(-c2nc3c(C#N)c[nH]n3c(=O)c2C(C)C)cn1.Cc1nc(C)c(-c2nc3c(C#N)c[nH]n3c(=O)c2C(C)C)s1. The van der Waals surface area contributed by atoms with Crippen molar-refractivity contribution in [3.63, 3.8) is 0 Å². The molecule has 144 heavy (non-hydrogen) atoms. The zero-order valence-corrected chi connectivity index (χ0v) is 81.0. The molecule has 0 radical (unpaired) electrons. The summed E-state index contributed by atoms with van der Waals surface area (Å²) in [6.07, 6.45) is 22.9. The summed E-state index contributed by atoms with van der Waals surface area (Å²) in [5.41, 5.74) is 12.0. The Kier molecular flexibility index (Phi) is 28.8. The van der Waals surface area contributed by atoms with E-state index in [4.69, 9.17) is 10.5 Å². The first-order valence-corrected chi connectivity index (χ1v) is 46.2. The fourth-order valence-corrected chi connectivity index (χ4v) is 17.1. The van der Waals surface area contributed by atoms with Gasteiger partial charge in [0, 0.05) is 124 Å². The number of rotatable bonds is 17. The van der Waals surface area contributed by atoms with Gasteiger partial charge >= 0.3 is 6.18 Å². The maximum absolute atomic E-state index is 13.5. The van der Waals surface area contributed by atoms with E-state index < -0.39 is 17.4 Å². The number of pyridine rings is 1. The van der Waals surface area contributed by atoms with Gasteiger partial charge in [0.2, 0.25) is 0 Å². The van der Waals surface area contributed by atoms with Crippen molar-refractivity contribution >= 4 is 51.3 Å². The summed E-state index contributed by atoms with van der Waals surface area (Å²) >= 11 is 1.52. The third-order valence-electron chi connectivity index (χ3n) is 23.2. The number of thiazole rings is 1. The minimum atomic E-state index is -4.55. The lowest BCUT2D eigenvalue weighted by molar-refractivity contribution is -0.141. The lowest BCUT2D eigenvalue weighted by Gasteiger charge is -2.12. The number of nitrogens with zero attached hydrogens (tertiary/aromatic N) is 26. The van der Waals surface area contributed by atoms with Crippen molar-refractivity contribution in [2.75, 3.05) is 0 Å². The molecule has 728 valence electrons. The summed E-state index contributed by atoms with van der Waals surface area (Å²) < 4.78 is 77.4. The Bertz CT molecular complexity index is 8880. The second-order valence-electron chi connectivity index (χ2n) is 35.4. The molecule has 2 aromatic carbocycles. The minimum Gasteiger partial charge on any atom is -0.295 e. The highest BCUT2D eigenvalue weighted by molar-refractivity contribution is 7.15. The Morgan fingerprint density at radius 2 is 0.771 bits per heavy atom. The van der Waals surface area contributed by atoms with Gasteiger partial charge in [0.1, 0.15) is 87.1 Å². The molecule has 1 aliphatic rings. The third-order valence-corrected chi connectivity index (χ3v) is 24.3. The number of nitrogens with one attached hydrogen (secondary N) is 6. The van der Waals surface area contributed by atoms with Gasteiger partial charge in [-0.05, 0) is 135 Å². The Hall–Kier alpha value is -18.3. The monoisotopic (exact) mass is 1960 g/mol. The normalized spacial score (nSPS) is 11.9. The number of aromatic amines is 6. The van der Waals surface area contributed by atoms with E-state index in [2.05, 4.69) is 117 Å². The van der Waals surface area contributed by atoms with Gasteiger partial charge in [0.05, 0.1) is 79.7 Å². The first-order chi connectivity index (χ1) is 68.8. The zero-order valence-electron chi connectivity index (χ0n) is 80.2. The molecule has 19 aromatic rings. The summed E-state index contributed by atoms with van der Waals surface area (Å²) in [6, 6.07) is 26.2. The van der Waals surface area contributed by atoms with E-state index in [1.807, 2.05) is 118 Å². The van der Waals surface area contributed by atoms with Crippen molar-refractivity contribution in [1.29, 1.82) is 31.6 Å². The lowest BCUT2D eigenvalue weighted by Crippen LogP contribution is -2.22. The number of benzene rings is 2. The van der Waals surface area contributed by atoms with Crippen molar-refractivity contribution in [3.8, 4) is 103 Å². The van der Waals surface area contributed by atoms with Crippen molar-refractivity contribution in [2.45, 2.75) is 171 Å². The standard InChI is InChI=1S/2C19H15FN6O.C16H12F3N5O.C16H18N6O.C15H15N5OS.C15H16N4O/c1-11(2)16-17(24-18-12(7-21)8-23-26(18)19(16)27)13-9-22-25(10-13)15-5-3-14(20)4-6-15;1-11(2)16-17(24-18-12(7-21)8-23-26(18)19(16)27)13-9-22-25(10-13)15-5-3-4-14(20)6-15;1-8(2)12-13(9-3-4-11(21-6-9)16(17,18)19)23-14-10(5-20)7-22-24(14)15(12)25;1-4-5-21-9-12(8-18-21)14-13(10(2)3)16(23)22-15(20-14)11(6-17)7-19-22;1-7(2)11-12(13-8(3)18-9(4)22-13)19-14-10(5-16)6-17-20(14)15(11)21;1-9(2)13-12(6-5-10-3-4-10)18-14-11(7-16)8-17-19(14)15(13)20/h2*3-6,8-11,23H,1-2H3;3-4,6-8,22H,1-2H3;7-10,19H,4-5H2,1-3H3;6-7,17H,1-4H3;5-6,8-10,17H,3-4H2,1-2H3/b;;;;;6-5+. The van der Waals surface area contributed by atoms with Crippen LogP contribution in [0.25, 0.3) is 107 Å². The summed E-state index contributed by atoms with van der Waals surface area (Å²) in [4.78, 5) is 113. The smallest absolute Gasteiger partial charge is 0.295 e. The molecule has 0 saturated heterocycles. The van der Waals surface area contributed by atoms with Crippen LogP contribution in [0.3, 0.4) is 0 Å². The molecular formula is C100H91F5N32O6S. The summed E-state index contributed by atoms with van der Waals surface area (Å²) in [7, 11) is 0. The highest BCUT2D eigenvalue weighted by Crippen LogP contribution is 2.38. The number of allylic oxidation sites excluding steroid dienone is 1. The molecule has 0 amide bonds. The van der Waals surface area contributed by atoms with Gasteiger partial charge in [-0.2, -0.15) is 60.0 Å². The summed E-state index contributed by atoms with van der Waals surface area (Å²) in [5, 5.41) is 85.5. The van der Waals surface area contributed by atoms with Gasteiger partial charge in [0.15, 0.2) is 33.9 Å². The molecule has 6 N–H and O–H groups in total. The number of hydrogen-bond acceptors (Lipinski definition) is 24. The fraction of sp³-hybridized carbons (Fsp3) is 0.270. The first kappa shape index (κ1) is 100. The number of hydrogen-bond donors (Lipinski definition) is 6. The molecule has 17 aromatic heterocycles. The highest BCUT2D eigenvalue weighted by Gasteiger charge is 2.34. The molecule has 0 unspecified atom stereocenters. The molecule has 1 saturated carbocycles. The van der Waals surface area contributed by atoms with Crippen LogP contribution in [0.4, 0.5) is 22.0 Å². The molecular weight excluding hydrogens is 1870 g/mol. The summed E-state index contributed by atoms with van der Waals surface area (Å²) in [6.45, 7) is 29.7. The van der Waals surface area contributed by atoms with Crippen LogP contribution in [-0.2, 0) is 12.7 Å². The number of nitriles is 6. The van der Waals surface area contributed by atoms with E-state index in [0.717, 1.165) is 50.9 Å². The molecule has 0 spiro atoms. The number of aryl methyl sites for hydroxylation is 3. The van der Waals surface area contributed by atoms with Crippen LogP contribution in [0.2, 0.25) is 0 Å². The summed E-state index contributed by atoms with van der Waals surface area (Å²) in [5.74, 6) is -0.378. The number of fused-ring (bicyclic) bond motifs is 6. The van der Waals surface area contributed by atoms with Crippen LogP contribution in [0, 0.1) is 99.4 Å². The Morgan fingerprint density at radius 1 is 0.417 bits per heavy atom. The molecule has 44 heteroatoms. The lowest BCUT2D eigenvalue weighted by atomic mass is 9.99. The fourth-order valence-electron chi connectivity index (χ4n) is 16.2. The van der Waals surface area contributed by atoms with Gasteiger partial charge < -0.3 is 0 Å². The van der Waals surface area contributed by atoms with Gasteiger partial charge in [-0.25, -0.2) is 80.1 Å². The Morgan fingerprint density at radius 3 is 1.11 bits per heavy atom. The second kappa shape index (κ2) is 41.4. The Balaban J connectivity index is 0.000000130. The van der Waals surface area contributed by atoms with Crippen molar-refractivity contribution in [3.05, 3.63) is 310 Å². The topological polar surface area (TPSA) is 523 Å². The predicted octanol–water partition coefficient (Wildman–Crippen LogP) is 16.6. The maximum atomic E-state index is 13.5. The van der Waals surface area contributed by atoms with E-state index in [-0.39, 0.29) is 120 Å². The minimum absolute atomic E-state index is 0.00487. The van der Waals surface area contributed by atoms with E-state index >= 15 is 0 Å². The molecule has 0 aliphatic heterocycles. The van der Waals surface area contributed by atoms with Crippen LogP contribution in [0.15, 0.2) is 176 Å². The molecule has 38 nitrogen and oxygen atoms in total. The molecule has 1 fully saturated rings. The van der Waals surface area contributed by atoms with Gasteiger partial charge in [-0.15, -0.1) is 11.3 Å². The van der Waals surface area contributed by atoms with E-state index in [9.17, 15) is 71.8 Å². The van der Waals surface area contributed by atoms with Crippen LogP contribution in [0.1, 0.15) is 234 Å². The van der Waals surface area contributed by atoms with Crippen molar-refractivity contribution in [2.24, 2.45) is 5.92 Å². The van der Waals surface area contributed by atoms with Gasteiger partial charge in [-0.3, -0.25) is 69.0 Å². The predicted molar refractivity (Wildman–Crippen MR) is 525 cm³/mol. The third kappa shape index (κ3) is 19.9. The van der Waals surface area contributed by atoms with Crippen LogP contribution in [0.5, 0.6) is 0 Å². The van der Waals surface area contributed by atoms with Gasteiger partial charge in [-0.1, -0.05) is 102 Å². The number of halogens is 5. The first-order valence-electron chi connectivity index (χ1n) is 45.4. The molecule has 20 rings (SSSR count). The number of H-pyrrole nitrogens is 6. The molecule has 1 aliphatic carbocycles. The van der Waals surface area contributed by atoms with Gasteiger partial charge in [0.25, 0.3) is 33.4 Å². The van der Waals surface area contributed by atoms with Crippen LogP contribution < -0.4 is 33.4 Å². The average molecular weight is 1960 g/mol. The number of aromatic nitrogens is 26. The second-order valence-corrected chi connectivity index (χ2v) is 36.6. The van der Waals surface area contributed by atoms with E-state index in [0.29, 0.717) is 124 Å². The van der Waals surface area contributed by atoms with E-state index in [1.165, 1.54) is 119 Å². The Labute approximate surface area is 817 Å². The van der Waals surface area contributed by atoms with Crippen LogP contribution >= 0.6 is 11.3 Å². The molecule has 0 bridgehead atoms. The van der Waals surface area contributed by atoms with Crippen LogP contribution in [-0.4, -0.2) is 127 Å². The average Bonchev–Trinajstić information content (AvgIpc) is 1.66. The molecule has 0 atom stereocenters. The molecule has 17 heterocycles. The maximum Gasteiger partial charge on any atom is 0.433 e. The van der Waals surface area contributed by atoms with Crippen molar-refractivity contribution < 1.29 is 22.0 Å². The largest absolute Gasteiger partial charge is 0.433 e. The quantitative estimate of drug-likeness (QED) is 0.0461. The number of alkyl halides is 3. The van der Waals surface area contributed by atoms with Crippen molar-refractivity contribution in [1.82, 2.24) is 127 Å². The zero-order chi connectivity index (χ0) is 103. The highest BCUT2D eigenvalue weighted by atomic mass is 32.1.